The van der Waals surface area contributed by atoms with Gasteiger partial charge in [0.1, 0.15) is 5.82 Å². The lowest BCUT2D eigenvalue weighted by atomic mass is 9.48. The summed E-state index contributed by atoms with van der Waals surface area (Å²) < 4.78 is 13.4. The highest BCUT2D eigenvalue weighted by molar-refractivity contribution is 6.03. The van der Waals surface area contributed by atoms with Crippen LogP contribution in [0.3, 0.4) is 0 Å². The van der Waals surface area contributed by atoms with E-state index < -0.39 is 0 Å². The van der Waals surface area contributed by atoms with E-state index in [1.165, 1.54) is 31.4 Å². The second-order valence-corrected chi connectivity index (χ2v) is 7.94. The van der Waals surface area contributed by atoms with Crippen LogP contribution in [0.25, 0.3) is 10.9 Å². The highest BCUT2D eigenvalue weighted by Crippen LogP contribution is 2.60. The minimum atomic E-state index is -0.250. The Bertz CT molecular complexity index is 740. The van der Waals surface area contributed by atoms with Crippen LogP contribution in [0.1, 0.15) is 49.0 Å². The number of carbonyl (C=O) groups is 1. The monoisotopic (exact) mass is 297 g/mol. The molecule has 0 atom stereocenters. The van der Waals surface area contributed by atoms with Gasteiger partial charge in [-0.15, -0.1) is 0 Å². The zero-order valence-electron chi connectivity index (χ0n) is 12.6. The van der Waals surface area contributed by atoms with Gasteiger partial charge in [-0.1, -0.05) is 0 Å². The first-order valence-corrected chi connectivity index (χ1v) is 8.44. The van der Waals surface area contributed by atoms with Gasteiger partial charge in [0.25, 0.3) is 0 Å². The molecule has 2 aromatic rings. The number of carbonyl (C=O) groups excluding carboxylic acids is 1. The van der Waals surface area contributed by atoms with E-state index in [0.29, 0.717) is 5.69 Å². The van der Waals surface area contributed by atoms with Crippen molar-refractivity contribution in [3.8, 4) is 0 Å². The SMILES string of the molecule is O=C(c1cc2cc(F)ccc2[nH]1)C12CC3CC(CC(C3)C1)C2. The summed E-state index contributed by atoms with van der Waals surface area (Å²) in [4.78, 5) is 16.5. The Morgan fingerprint density at radius 1 is 1.05 bits per heavy atom. The van der Waals surface area contributed by atoms with Gasteiger partial charge in [0.05, 0.1) is 5.69 Å². The van der Waals surface area contributed by atoms with E-state index in [4.69, 9.17) is 0 Å². The van der Waals surface area contributed by atoms with Gasteiger partial charge in [-0.3, -0.25) is 4.79 Å². The first-order valence-electron chi connectivity index (χ1n) is 8.44. The summed E-state index contributed by atoms with van der Waals surface area (Å²) >= 11 is 0. The number of nitrogens with one attached hydrogen (secondary N) is 1. The van der Waals surface area contributed by atoms with Gasteiger partial charge in [0.15, 0.2) is 5.78 Å². The van der Waals surface area contributed by atoms with E-state index in [-0.39, 0.29) is 17.0 Å². The summed E-state index contributed by atoms with van der Waals surface area (Å²) in [6, 6.07) is 6.51. The molecule has 4 aliphatic rings. The van der Waals surface area contributed by atoms with Crippen LogP contribution < -0.4 is 0 Å². The molecule has 1 aromatic heterocycles. The topological polar surface area (TPSA) is 32.9 Å². The summed E-state index contributed by atoms with van der Waals surface area (Å²) in [6.07, 6.45) is 7.23. The van der Waals surface area contributed by atoms with Crippen molar-refractivity contribution in [2.24, 2.45) is 23.2 Å². The molecule has 1 heterocycles. The predicted octanol–water partition coefficient (Wildman–Crippen LogP) is 4.71. The smallest absolute Gasteiger partial charge is 0.185 e. The van der Waals surface area contributed by atoms with Gasteiger partial charge in [-0.25, -0.2) is 4.39 Å². The van der Waals surface area contributed by atoms with E-state index >= 15 is 0 Å². The Morgan fingerprint density at radius 2 is 1.68 bits per heavy atom. The van der Waals surface area contributed by atoms with Gasteiger partial charge < -0.3 is 4.98 Å². The number of halogens is 1. The van der Waals surface area contributed by atoms with E-state index in [0.717, 1.165) is 47.9 Å². The number of Topliss-reactive ketones (excluding diaryl/α,β-unsaturated/α-hetero) is 1. The number of benzene rings is 1. The van der Waals surface area contributed by atoms with Crippen molar-refractivity contribution in [2.45, 2.75) is 38.5 Å². The lowest BCUT2D eigenvalue weighted by molar-refractivity contribution is -0.0355. The summed E-state index contributed by atoms with van der Waals surface area (Å²) in [5.41, 5.74) is 1.41. The number of hydrogen-bond acceptors (Lipinski definition) is 1. The van der Waals surface area contributed by atoms with Crippen molar-refractivity contribution in [3.05, 3.63) is 35.8 Å². The molecule has 3 heteroatoms. The number of hydrogen-bond donors (Lipinski definition) is 1. The fourth-order valence-corrected chi connectivity index (χ4v) is 5.90. The van der Waals surface area contributed by atoms with Crippen LogP contribution in [0.5, 0.6) is 0 Å². The normalized spacial score (nSPS) is 36.1. The molecule has 1 aromatic carbocycles. The third-order valence-electron chi connectivity index (χ3n) is 6.35. The van der Waals surface area contributed by atoms with Crippen LogP contribution in [0.2, 0.25) is 0 Å². The van der Waals surface area contributed by atoms with Crippen molar-refractivity contribution in [3.63, 3.8) is 0 Å². The summed E-state index contributed by atoms with van der Waals surface area (Å²) in [5, 5.41) is 0.799. The number of aromatic amines is 1. The maximum Gasteiger partial charge on any atom is 0.185 e. The zero-order chi connectivity index (χ0) is 14.9. The zero-order valence-corrected chi connectivity index (χ0v) is 12.6. The Balaban J connectivity index is 1.55. The molecule has 4 aliphatic carbocycles. The molecule has 2 nitrogen and oxygen atoms in total. The number of rotatable bonds is 2. The van der Waals surface area contributed by atoms with Crippen LogP contribution >= 0.6 is 0 Å². The molecule has 4 saturated carbocycles. The van der Waals surface area contributed by atoms with Gasteiger partial charge >= 0.3 is 0 Å². The standard InChI is InChI=1S/C19H20FNO/c20-15-1-2-16-14(6-15)7-17(21-16)18(22)19-8-11-3-12(9-19)5-13(4-11)10-19/h1-2,6-7,11-13,21H,3-5,8-10H2. The second-order valence-electron chi connectivity index (χ2n) is 7.94. The van der Waals surface area contributed by atoms with E-state index in [1.54, 1.807) is 6.07 Å². The second kappa shape index (κ2) is 4.21. The first kappa shape index (κ1) is 12.9. The molecule has 4 bridgehead atoms. The van der Waals surface area contributed by atoms with Gasteiger partial charge in [0, 0.05) is 16.3 Å². The summed E-state index contributed by atoms with van der Waals surface area (Å²) in [7, 11) is 0. The van der Waals surface area contributed by atoms with E-state index in [2.05, 4.69) is 4.98 Å². The van der Waals surface area contributed by atoms with Crippen LogP contribution in [0.15, 0.2) is 24.3 Å². The number of H-pyrrole nitrogens is 1. The first-order chi connectivity index (χ1) is 10.6. The minimum Gasteiger partial charge on any atom is -0.352 e. The predicted molar refractivity (Wildman–Crippen MR) is 83.2 cm³/mol. The maximum atomic E-state index is 13.4. The minimum absolute atomic E-state index is 0.131. The van der Waals surface area contributed by atoms with Crippen molar-refractivity contribution < 1.29 is 9.18 Å². The number of ketones is 1. The molecule has 22 heavy (non-hydrogen) atoms. The molecule has 0 saturated heterocycles. The molecule has 0 amide bonds. The highest BCUT2D eigenvalue weighted by atomic mass is 19.1. The lowest BCUT2D eigenvalue weighted by Gasteiger charge is -2.55. The average molecular weight is 297 g/mol. The molecule has 0 spiro atoms. The van der Waals surface area contributed by atoms with Crippen molar-refractivity contribution in [1.29, 1.82) is 0 Å². The Kier molecular flexibility index (Phi) is 2.46. The van der Waals surface area contributed by atoms with Crippen LogP contribution in [-0.4, -0.2) is 10.8 Å². The Morgan fingerprint density at radius 3 is 2.32 bits per heavy atom. The molecule has 1 N–H and O–H groups in total. The molecular weight excluding hydrogens is 277 g/mol. The highest BCUT2D eigenvalue weighted by Gasteiger charge is 2.54. The van der Waals surface area contributed by atoms with Crippen LogP contribution in [0.4, 0.5) is 4.39 Å². The largest absolute Gasteiger partial charge is 0.352 e. The molecule has 114 valence electrons. The third kappa shape index (κ3) is 1.74. The molecule has 4 fully saturated rings. The van der Waals surface area contributed by atoms with Gasteiger partial charge in [-0.2, -0.15) is 0 Å². The van der Waals surface area contributed by atoms with Crippen LogP contribution in [-0.2, 0) is 0 Å². The van der Waals surface area contributed by atoms with Crippen molar-refractivity contribution in [2.75, 3.05) is 0 Å². The van der Waals surface area contributed by atoms with Gasteiger partial charge in [0.2, 0.25) is 0 Å². The third-order valence-corrected chi connectivity index (χ3v) is 6.35. The van der Waals surface area contributed by atoms with E-state index in [9.17, 15) is 9.18 Å². The number of fused-ring (bicyclic) bond motifs is 1. The van der Waals surface area contributed by atoms with Crippen LogP contribution in [0, 0.1) is 29.0 Å². The van der Waals surface area contributed by atoms with Gasteiger partial charge in [-0.05, 0) is 80.5 Å². The Labute approximate surface area is 129 Å². The lowest BCUT2D eigenvalue weighted by Crippen LogP contribution is -2.50. The molecule has 0 unspecified atom stereocenters. The van der Waals surface area contributed by atoms with E-state index in [1.807, 2.05) is 6.07 Å². The molecule has 0 radical (unpaired) electrons. The Hall–Kier alpha value is -1.64. The molecule has 0 aliphatic heterocycles. The quantitative estimate of drug-likeness (QED) is 0.800. The molecule has 6 rings (SSSR count). The van der Waals surface area contributed by atoms with Crippen molar-refractivity contribution in [1.82, 2.24) is 4.98 Å². The maximum absolute atomic E-state index is 13.4. The number of aromatic nitrogens is 1. The van der Waals surface area contributed by atoms with Crippen molar-refractivity contribution >= 4 is 16.7 Å². The summed E-state index contributed by atoms with van der Waals surface area (Å²) in [5.74, 6) is 2.31. The fraction of sp³-hybridized carbons (Fsp3) is 0.526. The fourth-order valence-electron chi connectivity index (χ4n) is 5.90. The summed E-state index contributed by atoms with van der Waals surface area (Å²) in [6.45, 7) is 0. The molecular formula is C19H20FNO. The average Bonchev–Trinajstić information content (AvgIpc) is 2.87.